The minimum atomic E-state index is -0.965. The lowest BCUT2D eigenvalue weighted by Crippen LogP contribution is -2.43. The van der Waals surface area contributed by atoms with Crippen molar-refractivity contribution in [3.63, 3.8) is 0 Å². The first kappa shape index (κ1) is 23.8. The number of hydrogen-bond acceptors (Lipinski definition) is 7. The molecule has 0 spiro atoms. The Morgan fingerprint density at radius 2 is 2.08 bits per heavy atom. The number of nitrogens with one attached hydrogen (secondary N) is 2. The summed E-state index contributed by atoms with van der Waals surface area (Å²) in [7, 11) is 0. The van der Waals surface area contributed by atoms with E-state index >= 15 is 0 Å². The number of anilines is 2. The van der Waals surface area contributed by atoms with Gasteiger partial charge in [-0.15, -0.1) is 0 Å². The van der Waals surface area contributed by atoms with Crippen LogP contribution in [0.25, 0.3) is 5.52 Å². The quantitative estimate of drug-likeness (QED) is 0.322. The lowest BCUT2D eigenvalue weighted by molar-refractivity contribution is 0.165. The molecular weight excluding hydrogens is 482 g/mol. The number of rotatable bonds is 8. The van der Waals surface area contributed by atoms with E-state index in [9.17, 15) is 4.79 Å². The molecule has 1 aromatic carbocycles. The van der Waals surface area contributed by atoms with Crippen LogP contribution in [0.2, 0.25) is 5.02 Å². The number of amides is 1. The summed E-state index contributed by atoms with van der Waals surface area (Å²) < 4.78 is 7.65. The summed E-state index contributed by atoms with van der Waals surface area (Å²) in [5.74, 6) is 1.26. The van der Waals surface area contributed by atoms with Gasteiger partial charge in [0.15, 0.2) is 5.82 Å². The molecule has 1 aliphatic rings. The molecule has 1 aliphatic heterocycles. The monoisotopic (exact) mass is 507 g/mol. The van der Waals surface area contributed by atoms with E-state index in [4.69, 9.17) is 21.4 Å². The maximum atomic E-state index is 10.9. The summed E-state index contributed by atoms with van der Waals surface area (Å²) in [6.45, 7) is 2.73. The van der Waals surface area contributed by atoms with Gasteiger partial charge in [0, 0.05) is 55.5 Å². The van der Waals surface area contributed by atoms with Gasteiger partial charge >= 0.3 is 6.09 Å². The van der Waals surface area contributed by atoms with Crippen molar-refractivity contribution in [3.05, 3.63) is 77.5 Å². The van der Waals surface area contributed by atoms with Gasteiger partial charge in [-0.25, -0.2) is 14.3 Å². The van der Waals surface area contributed by atoms with E-state index in [1.165, 1.54) is 6.33 Å². The lowest BCUT2D eigenvalue weighted by atomic mass is 10.0. The number of piperidine rings is 1. The number of carboxylic acid groups (broad SMARTS) is 1. The molecule has 4 aromatic rings. The molecular formula is C25H26ClN7O3. The summed E-state index contributed by atoms with van der Waals surface area (Å²) in [5, 5.41) is 19.7. The van der Waals surface area contributed by atoms with Gasteiger partial charge < -0.3 is 20.5 Å². The van der Waals surface area contributed by atoms with Crippen molar-refractivity contribution < 1.29 is 14.6 Å². The Morgan fingerprint density at radius 3 is 2.83 bits per heavy atom. The summed E-state index contributed by atoms with van der Waals surface area (Å²) in [5.41, 5.74) is 3.71. The maximum Gasteiger partial charge on any atom is 0.404 e. The van der Waals surface area contributed by atoms with Crippen molar-refractivity contribution in [2.75, 3.05) is 18.4 Å². The summed E-state index contributed by atoms with van der Waals surface area (Å²) in [4.78, 5) is 21.8. The van der Waals surface area contributed by atoms with Crippen molar-refractivity contribution >= 4 is 34.7 Å². The van der Waals surface area contributed by atoms with E-state index in [-0.39, 0.29) is 6.04 Å². The number of hydrogen-bond donors (Lipinski definition) is 3. The zero-order valence-corrected chi connectivity index (χ0v) is 20.2. The van der Waals surface area contributed by atoms with E-state index in [2.05, 4.69) is 30.6 Å². The topological polar surface area (TPSA) is 117 Å². The van der Waals surface area contributed by atoms with E-state index in [1.807, 2.05) is 42.6 Å². The largest absolute Gasteiger partial charge is 0.487 e. The van der Waals surface area contributed by atoms with Crippen LogP contribution in [0, 0.1) is 0 Å². The van der Waals surface area contributed by atoms with Crippen LogP contribution in [0.15, 0.2) is 61.3 Å². The Bertz CT molecular complexity index is 1340. The first-order chi connectivity index (χ1) is 17.5. The van der Waals surface area contributed by atoms with E-state index < -0.39 is 6.09 Å². The van der Waals surface area contributed by atoms with Gasteiger partial charge in [-0.3, -0.25) is 9.88 Å². The average Bonchev–Trinajstić information content (AvgIpc) is 3.29. The second kappa shape index (κ2) is 10.8. The molecule has 3 N–H and O–H groups in total. The number of fused-ring (bicyclic) bond motifs is 1. The molecule has 1 fully saturated rings. The van der Waals surface area contributed by atoms with Crippen molar-refractivity contribution in [1.82, 2.24) is 29.8 Å². The van der Waals surface area contributed by atoms with E-state index in [0.717, 1.165) is 54.8 Å². The van der Waals surface area contributed by atoms with Crippen LogP contribution in [-0.2, 0) is 13.2 Å². The van der Waals surface area contributed by atoms with Crippen molar-refractivity contribution in [3.8, 4) is 5.75 Å². The van der Waals surface area contributed by atoms with Crippen LogP contribution in [0.4, 0.5) is 16.3 Å². The van der Waals surface area contributed by atoms with Gasteiger partial charge in [0.25, 0.3) is 0 Å². The van der Waals surface area contributed by atoms with Crippen LogP contribution >= 0.6 is 11.6 Å². The second-order valence-corrected chi connectivity index (χ2v) is 9.07. The Kier molecular flexibility index (Phi) is 7.15. The van der Waals surface area contributed by atoms with Crippen molar-refractivity contribution in [1.29, 1.82) is 0 Å². The highest BCUT2D eigenvalue weighted by molar-refractivity contribution is 6.32. The molecule has 0 aliphatic carbocycles. The standard InChI is InChI=1S/C25H26ClN7O3/c26-21-12-20(3-4-22(21)36-15-17-2-1-8-27-13-17)30-24-23-18(5-11-33(23)29-16-28-24)14-32-9-6-19(7-10-32)31-25(34)35/h1-5,8,11-13,16,19,31H,6-7,9-10,14-15H2,(H,34,35)(H,28,29,30). The zero-order valence-electron chi connectivity index (χ0n) is 19.5. The predicted octanol–water partition coefficient (Wildman–Crippen LogP) is 4.33. The van der Waals surface area contributed by atoms with Crippen LogP contribution in [0.1, 0.15) is 24.0 Å². The third-order valence-corrected chi connectivity index (χ3v) is 6.45. The minimum absolute atomic E-state index is 0.00570. The molecule has 0 bridgehead atoms. The molecule has 0 atom stereocenters. The number of halogens is 1. The summed E-state index contributed by atoms with van der Waals surface area (Å²) in [6.07, 6.45) is 7.51. The summed E-state index contributed by atoms with van der Waals surface area (Å²) >= 11 is 6.50. The molecule has 186 valence electrons. The summed E-state index contributed by atoms with van der Waals surface area (Å²) in [6, 6.07) is 11.4. The van der Waals surface area contributed by atoms with Gasteiger partial charge in [0.05, 0.1) is 5.02 Å². The fraction of sp³-hybridized carbons (Fsp3) is 0.280. The van der Waals surface area contributed by atoms with Crippen LogP contribution in [-0.4, -0.2) is 54.8 Å². The fourth-order valence-corrected chi connectivity index (χ4v) is 4.60. The first-order valence-corrected chi connectivity index (χ1v) is 12.0. The molecule has 5 rings (SSSR count). The Balaban J connectivity index is 1.28. The smallest absolute Gasteiger partial charge is 0.404 e. The Morgan fingerprint density at radius 1 is 1.22 bits per heavy atom. The van der Waals surface area contributed by atoms with Crippen molar-refractivity contribution in [2.24, 2.45) is 0 Å². The molecule has 0 saturated carbocycles. The number of benzene rings is 1. The molecule has 0 radical (unpaired) electrons. The van der Waals surface area contributed by atoms with Crippen LogP contribution in [0.5, 0.6) is 5.75 Å². The molecule has 1 saturated heterocycles. The van der Waals surface area contributed by atoms with Crippen LogP contribution < -0.4 is 15.4 Å². The minimum Gasteiger partial charge on any atom is -0.487 e. The number of likely N-dealkylation sites (tertiary alicyclic amines) is 1. The highest BCUT2D eigenvalue weighted by atomic mass is 35.5. The highest BCUT2D eigenvalue weighted by Gasteiger charge is 2.22. The SMILES string of the molecule is O=C(O)NC1CCN(Cc2ccn3ncnc(Nc4ccc(OCc5cccnc5)c(Cl)c4)c23)CC1. The highest BCUT2D eigenvalue weighted by Crippen LogP contribution is 2.31. The molecule has 4 heterocycles. The Labute approximate surface area is 212 Å². The molecule has 10 nitrogen and oxygen atoms in total. The third-order valence-electron chi connectivity index (χ3n) is 6.16. The average molecular weight is 508 g/mol. The van der Waals surface area contributed by atoms with Gasteiger partial charge in [-0.1, -0.05) is 17.7 Å². The predicted molar refractivity (Wildman–Crippen MR) is 136 cm³/mol. The van der Waals surface area contributed by atoms with Gasteiger partial charge in [-0.05, 0) is 48.7 Å². The van der Waals surface area contributed by atoms with Gasteiger partial charge in [-0.2, -0.15) is 5.10 Å². The number of nitrogens with zero attached hydrogens (tertiary/aromatic N) is 5. The third kappa shape index (κ3) is 5.67. The lowest BCUT2D eigenvalue weighted by Gasteiger charge is -2.31. The first-order valence-electron chi connectivity index (χ1n) is 11.7. The maximum absolute atomic E-state index is 10.9. The Hall–Kier alpha value is -3.89. The second-order valence-electron chi connectivity index (χ2n) is 8.66. The number of aromatic nitrogens is 4. The molecule has 36 heavy (non-hydrogen) atoms. The number of pyridine rings is 1. The van der Waals surface area contributed by atoms with E-state index in [1.54, 1.807) is 16.9 Å². The molecule has 1 amide bonds. The van der Waals surface area contributed by atoms with E-state index in [0.29, 0.717) is 23.2 Å². The molecule has 0 unspecified atom stereocenters. The number of carbonyl (C=O) groups is 1. The molecule has 11 heteroatoms. The van der Waals surface area contributed by atoms with Crippen molar-refractivity contribution in [2.45, 2.75) is 32.0 Å². The van der Waals surface area contributed by atoms with Gasteiger partial charge in [0.2, 0.25) is 0 Å². The van der Waals surface area contributed by atoms with Gasteiger partial charge in [0.1, 0.15) is 24.2 Å². The molecule has 3 aromatic heterocycles. The van der Waals surface area contributed by atoms with Crippen LogP contribution in [0.3, 0.4) is 0 Å². The number of ether oxygens (including phenoxy) is 1. The fourth-order valence-electron chi connectivity index (χ4n) is 4.37. The normalized spacial score (nSPS) is 14.6. The zero-order chi connectivity index (χ0) is 24.9.